The fraction of sp³-hybridized carbons (Fsp3) is 0.381. The van der Waals surface area contributed by atoms with Crippen molar-refractivity contribution in [2.24, 2.45) is 0 Å². The minimum Gasteiger partial charge on any atom is -0.350 e. The highest BCUT2D eigenvalue weighted by atomic mass is 32.2. The van der Waals surface area contributed by atoms with Crippen molar-refractivity contribution in [1.29, 1.82) is 0 Å². The Bertz CT molecular complexity index is 968. The number of likely N-dealkylation sites (tertiary alicyclic amines) is 1. The van der Waals surface area contributed by atoms with E-state index in [1.165, 1.54) is 24.3 Å². The van der Waals surface area contributed by atoms with Gasteiger partial charge in [0.25, 0.3) is 11.6 Å². The van der Waals surface area contributed by atoms with E-state index in [9.17, 15) is 28.1 Å². The van der Waals surface area contributed by atoms with Crippen molar-refractivity contribution in [2.75, 3.05) is 19.6 Å². The van der Waals surface area contributed by atoms with Gasteiger partial charge in [0.1, 0.15) is 0 Å². The lowest BCUT2D eigenvalue weighted by Gasteiger charge is -2.22. The molecule has 3 rings (SSSR count). The van der Waals surface area contributed by atoms with Gasteiger partial charge in [0, 0.05) is 29.1 Å². The minimum absolute atomic E-state index is 0.140. The highest BCUT2D eigenvalue weighted by Gasteiger charge is 2.30. The zero-order valence-corrected chi connectivity index (χ0v) is 17.6. The van der Waals surface area contributed by atoms with Crippen molar-refractivity contribution < 1.29 is 22.9 Å². The van der Waals surface area contributed by atoms with Crippen LogP contribution in [0.1, 0.15) is 35.7 Å². The molecule has 1 aliphatic heterocycles. The number of nitro benzene ring substituents is 1. The molecule has 2 aromatic carbocycles. The number of hydrogen-bond donors (Lipinski definition) is 1. The van der Waals surface area contributed by atoms with E-state index in [-0.39, 0.29) is 27.1 Å². The molecule has 1 saturated heterocycles. The average Bonchev–Trinajstić information content (AvgIpc) is 3.19. The summed E-state index contributed by atoms with van der Waals surface area (Å²) in [6.07, 6.45) is -2.45. The molecule has 1 aliphatic rings. The largest absolute Gasteiger partial charge is 0.416 e. The van der Waals surface area contributed by atoms with E-state index in [1.54, 1.807) is 0 Å². The van der Waals surface area contributed by atoms with Crippen LogP contribution in [0.25, 0.3) is 0 Å². The van der Waals surface area contributed by atoms with E-state index in [2.05, 4.69) is 17.1 Å². The normalized spacial score (nSPS) is 17.0. The summed E-state index contributed by atoms with van der Waals surface area (Å²) in [4.78, 5) is 26.1. The van der Waals surface area contributed by atoms with Crippen LogP contribution in [-0.2, 0) is 6.18 Å². The number of amides is 1. The molecule has 1 N–H and O–H groups in total. The maximum atomic E-state index is 12.9. The lowest BCUT2D eigenvalue weighted by molar-refractivity contribution is -0.387. The van der Waals surface area contributed by atoms with Crippen LogP contribution in [0.4, 0.5) is 18.9 Å². The molecular formula is C21H22F3N3O3S. The van der Waals surface area contributed by atoms with Crippen molar-refractivity contribution in [3.05, 3.63) is 63.7 Å². The first-order chi connectivity index (χ1) is 14.7. The Balaban J connectivity index is 1.75. The van der Waals surface area contributed by atoms with Crippen LogP contribution in [0.2, 0.25) is 0 Å². The number of alkyl halides is 3. The molecule has 1 heterocycles. The third kappa shape index (κ3) is 5.76. The highest BCUT2D eigenvalue weighted by molar-refractivity contribution is 7.99. The fourth-order valence-corrected chi connectivity index (χ4v) is 4.57. The van der Waals surface area contributed by atoms with Gasteiger partial charge in [-0.15, -0.1) is 0 Å². The Hall–Kier alpha value is -2.59. The molecule has 10 heteroatoms. The monoisotopic (exact) mass is 453 g/mol. The van der Waals surface area contributed by atoms with Gasteiger partial charge in [-0.1, -0.05) is 24.8 Å². The van der Waals surface area contributed by atoms with Gasteiger partial charge in [0.2, 0.25) is 0 Å². The molecule has 0 bridgehead atoms. The average molecular weight is 453 g/mol. The standard InChI is InChI=1S/C21H22F3N3O3S/c1-2-26-10-4-6-16(26)13-25-20(28)14-8-9-19(18(11-14)27(29)30)31-17-7-3-5-15(12-17)21(22,23)24/h3,5,7-9,11-12,16H,2,4,6,10,13H2,1H3,(H,25,28). The SMILES string of the molecule is CCN1CCCC1CNC(=O)c1ccc(Sc2cccc(C(F)(F)F)c2)c([N+](=O)[O-])c1. The summed E-state index contributed by atoms with van der Waals surface area (Å²) >= 11 is 0.850. The van der Waals surface area contributed by atoms with Crippen LogP contribution < -0.4 is 5.32 Å². The van der Waals surface area contributed by atoms with E-state index in [0.29, 0.717) is 6.54 Å². The predicted molar refractivity (Wildman–Crippen MR) is 111 cm³/mol. The number of nitrogens with zero attached hydrogens (tertiary/aromatic N) is 2. The molecule has 166 valence electrons. The molecular weight excluding hydrogens is 431 g/mol. The molecule has 6 nitrogen and oxygen atoms in total. The van der Waals surface area contributed by atoms with Gasteiger partial charge < -0.3 is 5.32 Å². The molecule has 31 heavy (non-hydrogen) atoms. The van der Waals surface area contributed by atoms with Crippen LogP contribution in [0.15, 0.2) is 52.3 Å². The van der Waals surface area contributed by atoms with E-state index < -0.39 is 22.6 Å². The summed E-state index contributed by atoms with van der Waals surface area (Å²) in [6.45, 7) is 4.41. The van der Waals surface area contributed by atoms with Crippen LogP contribution >= 0.6 is 11.8 Å². The van der Waals surface area contributed by atoms with Gasteiger partial charge in [0.15, 0.2) is 0 Å². The highest BCUT2D eigenvalue weighted by Crippen LogP contribution is 2.38. The van der Waals surface area contributed by atoms with Crippen molar-refractivity contribution in [3.63, 3.8) is 0 Å². The number of benzene rings is 2. The zero-order chi connectivity index (χ0) is 22.6. The topological polar surface area (TPSA) is 75.5 Å². The van der Waals surface area contributed by atoms with E-state index in [0.717, 1.165) is 55.9 Å². The molecule has 1 fully saturated rings. The number of hydrogen-bond acceptors (Lipinski definition) is 5. The van der Waals surface area contributed by atoms with E-state index in [4.69, 9.17) is 0 Å². The Morgan fingerprint density at radius 1 is 1.29 bits per heavy atom. The molecule has 0 saturated carbocycles. The van der Waals surface area contributed by atoms with Crippen molar-refractivity contribution >= 4 is 23.4 Å². The van der Waals surface area contributed by atoms with Gasteiger partial charge in [-0.3, -0.25) is 19.8 Å². The van der Waals surface area contributed by atoms with Gasteiger partial charge in [-0.05, 0) is 56.3 Å². The van der Waals surface area contributed by atoms with Crippen LogP contribution in [-0.4, -0.2) is 41.4 Å². The first-order valence-corrected chi connectivity index (χ1v) is 10.7. The van der Waals surface area contributed by atoms with Crippen LogP contribution in [0.5, 0.6) is 0 Å². The number of rotatable bonds is 7. The Kier molecular flexibility index (Phi) is 7.22. The molecule has 0 spiro atoms. The maximum absolute atomic E-state index is 12.9. The first-order valence-electron chi connectivity index (χ1n) is 9.85. The molecule has 0 radical (unpaired) electrons. The summed E-state index contributed by atoms with van der Waals surface area (Å²) in [5.41, 5.74) is -1.02. The Morgan fingerprint density at radius 3 is 2.74 bits per heavy atom. The Labute approximate surface area is 182 Å². The second-order valence-corrected chi connectivity index (χ2v) is 8.32. The van der Waals surface area contributed by atoms with Crippen molar-refractivity contribution in [1.82, 2.24) is 10.2 Å². The van der Waals surface area contributed by atoms with Gasteiger partial charge in [-0.2, -0.15) is 13.2 Å². The van der Waals surface area contributed by atoms with Gasteiger partial charge in [-0.25, -0.2) is 0 Å². The minimum atomic E-state index is -4.50. The summed E-state index contributed by atoms with van der Waals surface area (Å²) in [7, 11) is 0. The predicted octanol–water partition coefficient (Wildman–Crippen LogP) is 4.98. The van der Waals surface area contributed by atoms with Crippen LogP contribution in [0, 0.1) is 10.1 Å². The number of nitrogens with one attached hydrogen (secondary N) is 1. The lowest BCUT2D eigenvalue weighted by Crippen LogP contribution is -2.40. The summed E-state index contributed by atoms with van der Waals surface area (Å²) in [5, 5.41) is 14.4. The lowest BCUT2D eigenvalue weighted by atomic mass is 10.1. The molecule has 2 aromatic rings. The summed E-state index contributed by atoms with van der Waals surface area (Å²) in [6, 6.07) is 8.84. The number of carbonyl (C=O) groups is 1. The van der Waals surface area contributed by atoms with Gasteiger partial charge >= 0.3 is 6.18 Å². The third-order valence-corrected chi connectivity index (χ3v) is 6.27. The van der Waals surface area contributed by atoms with E-state index in [1.807, 2.05) is 0 Å². The number of likely N-dealkylation sites (N-methyl/N-ethyl adjacent to an activating group) is 1. The maximum Gasteiger partial charge on any atom is 0.416 e. The summed E-state index contributed by atoms with van der Waals surface area (Å²) < 4.78 is 38.8. The number of nitro groups is 1. The molecule has 1 atom stereocenters. The Morgan fingerprint density at radius 2 is 2.06 bits per heavy atom. The fourth-order valence-electron chi connectivity index (χ4n) is 3.61. The smallest absolute Gasteiger partial charge is 0.350 e. The third-order valence-electron chi connectivity index (χ3n) is 5.21. The molecule has 1 amide bonds. The molecule has 0 aliphatic carbocycles. The second-order valence-electron chi connectivity index (χ2n) is 7.20. The van der Waals surface area contributed by atoms with Gasteiger partial charge in [0.05, 0.1) is 15.4 Å². The molecule has 0 aromatic heterocycles. The van der Waals surface area contributed by atoms with Crippen molar-refractivity contribution in [3.8, 4) is 0 Å². The second kappa shape index (κ2) is 9.69. The summed E-state index contributed by atoms with van der Waals surface area (Å²) in [5.74, 6) is -0.415. The quantitative estimate of drug-likeness (QED) is 0.473. The van der Waals surface area contributed by atoms with E-state index >= 15 is 0 Å². The number of carbonyl (C=O) groups excluding carboxylic acids is 1. The number of halogens is 3. The first kappa shape index (κ1) is 23.1. The zero-order valence-electron chi connectivity index (χ0n) is 16.8. The van der Waals surface area contributed by atoms with Crippen LogP contribution in [0.3, 0.4) is 0 Å². The molecule has 1 unspecified atom stereocenters. The van der Waals surface area contributed by atoms with Crippen molar-refractivity contribution in [2.45, 2.75) is 41.8 Å².